The maximum Gasteiger partial charge on any atom is 0.416 e. The van der Waals surface area contributed by atoms with Crippen LogP contribution in [-0.2, 0) is 20.5 Å². The Morgan fingerprint density at radius 2 is 2.04 bits per heavy atom. The van der Waals surface area contributed by atoms with Crippen molar-refractivity contribution in [2.75, 3.05) is 13.2 Å². The van der Waals surface area contributed by atoms with Gasteiger partial charge < -0.3 is 15.8 Å². The summed E-state index contributed by atoms with van der Waals surface area (Å²) in [5.74, 6) is -1.58. The van der Waals surface area contributed by atoms with Crippen LogP contribution in [0.25, 0.3) is 0 Å². The number of carbonyl (C=O) groups excluding carboxylic acids is 2. The van der Waals surface area contributed by atoms with Gasteiger partial charge in [0.05, 0.1) is 24.2 Å². The van der Waals surface area contributed by atoms with Gasteiger partial charge in [0.1, 0.15) is 0 Å². The number of halogens is 3. The Kier molecular flexibility index (Phi) is 6.86. The molecule has 1 fully saturated rings. The highest BCUT2D eigenvalue weighted by Gasteiger charge is 2.33. The van der Waals surface area contributed by atoms with E-state index in [1.54, 1.807) is 13.8 Å². The lowest BCUT2D eigenvalue weighted by atomic mass is 9.86. The van der Waals surface area contributed by atoms with Crippen LogP contribution in [0.4, 0.5) is 13.2 Å². The van der Waals surface area contributed by atoms with Gasteiger partial charge in [0, 0.05) is 13.0 Å². The van der Waals surface area contributed by atoms with Crippen molar-refractivity contribution < 1.29 is 27.5 Å². The lowest BCUT2D eigenvalue weighted by Gasteiger charge is -2.22. The zero-order chi connectivity index (χ0) is 20.2. The van der Waals surface area contributed by atoms with Gasteiger partial charge in [-0.25, -0.2) is 0 Å². The average Bonchev–Trinajstić information content (AvgIpc) is 2.99. The highest BCUT2D eigenvalue weighted by Crippen LogP contribution is 2.33. The molecule has 2 rings (SSSR count). The summed E-state index contributed by atoms with van der Waals surface area (Å²) in [4.78, 5) is 23.6. The number of rotatable bonds is 7. The summed E-state index contributed by atoms with van der Waals surface area (Å²) in [5.41, 5.74) is 4.73. The van der Waals surface area contributed by atoms with E-state index in [1.165, 1.54) is 12.1 Å². The van der Waals surface area contributed by atoms with Crippen LogP contribution in [0.2, 0.25) is 0 Å². The zero-order valence-corrected chi connectivity index (χ0v) is 15.4. The Hall–Kier alpha value is -2.09. The summed E-state index contributed by atoms with van der Waals surface area (Å²) in [6.07, 6.45) is -3.84. The third-order valence-corrected chi connectivity index (χ3v) is 4.68. The second-order valence-electron chi connectivity index (χ2n) is 7.32. The number of nitrogens with two attached hydrogens (primary N) is 1. The van der Waals surface area contributed by atoms with E-state index in [4.69, 9.17) is 10.5 Å². The molecule has 1 heterocycles. The summed E-state index contributed by atoms with van der Waals surface area (Å²) >= 11 is 0. The fourth-order valence-corrected chi connectivity index (χ4v) is 3.42. The van der Waals surface area contributed by atoms with Gasteiger partial charge in [-0.05, 0) is 29.9 Å². The number of alkyl halides is 3. The fourth-order valence-electron chi connectivity index (χ4n) is 3.42. The van der Waals surface area contributed by atoms with Crippen molar-refractivity contribution >= 4 is 11.8 Å². The van der Waals surface area contributed by atoms with Crippen LogP contribution in [-0.4, -0.2) is 31.1 Å². The van der Waals surface area contributed by atoms with E-state index in [0.29, 0.717) is 18.6 Å². The first kappa shape index (κ1) is 21.2. The molecule has 0 bridgehead atoms. The molecule has 0 spiro atoms. The zero-order valence-electron chi connectivity index (χ0n) is 15.4. The monoisotopic (exact) mass is 386 g/mol. The second kappa shape index (κ2) is 8.73. The molecule has 1 aromatic rings. The summed E-state index contributed by atoms with van der Waals surface area (Å²) in [5, 5.41) is 2.78. The molecule has 8 heteroatoms. The SMILES string of the molecule is CC(C)C(C(=O)NCC1CC(CC(N)=O)CO1)c1cccc(C(F)(F)F)c1. The molecule has 3 unspecified atom stereocenters. The van der Waals surface area contributed by atoms with Gasteiger partial charge in [-0.15, -0.1) is 0 Å². The first-order valence-electron chi connectivity index (χ1n) is 8.92. The molecule has 0 radical (unpaired) electrons. The van der Waals surface area contributed by atoms with Gasteiger partial charge in [-0.3, -0.25) is 9.59 Å². The van der Waals surface area contributed by atoms with Crippen LogP contribution in [0.1, 0.15) is 43.7 Å². The normalized spacial score (nSPS) is 21.3. The summed E-state index contributed by atoms with van der Waals surface area (Å²) in [6, 6.07) is 4.87. The van der Waals surface area contributed by atoms with E-state index in [9.17, 15) is 22.8 Å². The van der Waals surface area contributed by atoms with Crippen molar-refractivity contribution in [1.82, 2.24) is 5.32 Å². The van der Waals surface area contributed by atoms with Crippen LogP contribution in [0.15, 0.2) is 24.3 Å². The molecule has 27 heavy (non-hydrogen) atoms. The summed E-state index contributed by atoms with van der Waals surface area (Å²) in [7, 11) is 0. The van der Waals surface area contributed by atoms with Gasteiger partial charge in [0.2, 0.25) is 11.8 Å². The molecule has 3 N–H and O–H groups in total. The minimum atomic E-state index is -4.46. The van der Waals surface area contributed by atoms with E-state index in [2.05, 4.69) is 5.32 Å². The van der Waals surface area contributed by atoms with Crippen LogP contribution in [0.5, 0.6) is 0 Å². The molecule has 1 aromatic carbocycles. The van der Waals surface area contributed by atoms with E-state index in [-0.39, 0.29) is 36.8 Å². The Morgan fingerprint density at radius 1 is 1.33 bits per heavy atom. The standard InChI is InChI=1S/C19H25F3N2O3/c1-11(2)17(13-4-3-5-14(8-13)19(20,21)22)18(26)24-9-15-6-12(10-27-15)7-16(23)25/h3-5,8,11-12,15,17H,6-7,9-10H2,1-2H3,(H2,23,25)(H,24,26). The predicted molar refractivity (Wildman–Crippen MR) is 93.7 cm³/mol. The first-order valence-corrected chi connectivity index (χ1v) is 8.92. The van der Waals surface area contributed by atoms with Crippen molar-refractivity contribution in [1.29, 1.82) is 0 Å². The number of primary amides is 1. The molecule has 1 saturated heterocycles. The highest BCUT2D eigenvalue weighted by molar-refractivity contribution is 5.84. The summed E-state index contributed by atoms with van der Waals surface area (Å²) < 4.78 is 44.4. The number of hydrogen-bond acceptors (Lipinski definition) is 3. The average molecular weight is 386 g/mol. The van der Waals surface area contributed by atoms with Gasteiger partial charge in [0.25, 0.3) is 0 Å². The Balaban J connectivity index is 2.01. The number of benzene rings is 1. The lowest BCUT2D eigenvalue weighted by molar-refractivity contribution is -0.137. The Morgan fingerprint density at radius 3 is 2.63 bits per heavy atom. The molecule has 150 valence electrons. The van der Waals surface area contributed by atoms with Crippen LogP contribution >= 0.6 is 0 Å². The maximum absolute atomic E-state index is 13.0. The van der Waals surface area contributed by atoms with Crippen LogP contribution < -0.4 is 11.1 Å². The van der Waals surface area contributed by atoms with Crippen molar-refractivity contribution in [3.8, 4) is 0 Å². The van der Waals surface area contributed by atoms with Crippen molar-refractivity contribution in [3.05, 3.63) is 35.4 Å². The smallest absolute Gasteiger partial charge is 0.376 e. The largest absolute Gasteiger partial charge is 0.416 e. The maximum atomic E-state index is 13.0. The third kappa shape index (κ3) is 5.95. The molecule has 1 aliphatic heterocycles. The fraction of sp³-hybridized carbons (Fsp3) is 0.579. The minimum Gasteiger partial charge on any atom is -0.376 e. The molecule has 5 nitrogen and oxygen atoms in total. The van der Waals surface area contributed by atoms with E-state index >= 15 is 0 Å². The second-order valence-corrected chi connectivity index (χ2v) is 7.32. The lowest BCUT2D eigenvalue weighted by Crippen LogP contribution is -2.37. The molecule has 3 atom stereocenters. The van der Waals surface area contributed by atoms with Crippen LogP contribution in [0, 0.1) is 11.8 Å². The molecule has 0 saturated carbocycles. The Bertz CT molecular complexity index is 676. The molecule has 1 aliphatic rings. The number of nitrogens with one attached hydrogen (secondary N) is 1. The van der Waals surface area contributed by atoms with Gasteiger partial charge in [-0.2, -0.15) is 13.2 Å². The Labute approximate surface area is 156 Å². The summed E-state index contributed by atoms with van der Waals surface area (Å²) in [6.45, 7) is 4.24. The molecular formula is C19H25F3N2O3. The highest BCUT2D eigenvalue weighted by atomic mass is 19.4. The quantitative estimate of drug-likeness (QED) is 0.756. The number of ether oxygens (including phenoxy) is 1. The predicted octanol–water partition coefficient (Wildman–Crippen LogP) is 2.84. The van der Waals surface area contributed by atoms with Gasteiger partial charge >= 0.3 is 6.18 Å². The van der Waals surface area contributed by atoms with Crippen LogP contribution in [0.3, 0.4) is 0 Å². The van der Waals surface area contributed by atoms with Crippen molar-refractivity contribution in [3.63, 3.8) is 0 Å². The number of amides is 2. The molecule has 0 aromatic heterocycles. The number of hydrogen-bond donors (Lipinski definition) is 2. The number of carbonyl (C=O) groups is 2. The van der Waals surface area contributed by atoms with Gasteiger partial charge in [-0.1, -0.05) is 32.0 Å². The topological polar surface area (TPSA) is 81.4 Å². The minimum absolute atomic E-state index is 0.0359. The van der Waals surface area contributed by atoms with E-state index in [0.717, 1.165) is 12.1 Å². The molecular weight excluding hydrogens is 361 g/mol. The van der Waals surface area contributed by atoms with Crippen molar-refractivity contribution in [2.45, 2.75) is 44.9 Å². The van der Waals surface area contributed by atoms with Gasteiger partial charge in [0.15, 0.2) is 0 Å². The van der Waals surface area contributed by atoms with Crippen molar-refractivity contribution in [2.24, 2.45) is 17.6 Å². The van der Waals surface area contributed by atoms with E-state index in [1.807, 2.05) is 0 Å². The molecule has 2 amide bonds. The van der Waals surface area contributed by atoms with E-state index < -0.39 is 23.6 Å². The third-order valence-electron chi connectivity index (χ3n) is 4.68. The molecule has 0 aliphatic carbocycles. The first-order chi connectivity index (χ1) is 12.6.